The zero-order valence-corrected chi connectivity index (χ0v) is 12.4. The zero-order chi connectivity index (χ0) is 14.6. The van der Waals surface area contributed by atoms with Crippen LogP contribution < -0.4 is 4.89 Å². The number of ether oxygens (including phenoxy) is 1. The number of sulfonamides is 1. The number of nitrogens with one attached hydrogen (secondary N) is 1. The molecule has 20 heavy (non-hydrogen) atoms. The molecule has 1 aromatic rings. The van der Waals surface area contributed by atoms with E-state index >= 15 is 0 Å². The predicted molar refractivity (Wildman–Crippen MR) is 69.5 cm³/mol. The maximum atomic E-state index is 12.0. The van der Waals surface area contributed by atoms with E-state index in [0.717, 1.165) is 13.1 Å². The van der Waals surface area contributed by atoms with E-state index in [4.69, 9.17) is 14.1 Å². The molecule has 2 rings (SSSR count). The molecule has 0 saturated carbocycles. The highest BCUT2D eigenvalue weighted by atomic mass is 32.2. The standard InChI is InChI=1S/C11H19N3O5S/c1-9-11(10(2)19-12-9)20(15,16)13-18-8-5-14-3-6-17-7-4-14/h13H,3-8H2,1-2H3. The van der Waals surface area contributed by atoms with E-state index in [1.54, 1.807) is 13.8 Å². The molecule has 2 heterocycles. The molecule has 0 bridgehead atoms. The van der Waals surface area contributed by atoms with Crippen LogP contribution in [0.1, 0.15) is 11.5 Å². The fourth-order valence-electron chi connectivity index (χ4n) is 2.02. The van der Waals surface area contributed by atoms with E-state index in [1.807, 2.05) is 0 Å². The predicted octanol–water partition coefficient (Wildman–Crippen LogP) is -0.166. The van der Waals surface area contributed by atoms with Gasteiger partial charge in [-0.05, 0) is 13.8 Å². The van der Waals surface area contributed by atoms with Crippen LogP contribution in [-0.4, -0.2) is 57.9 Å². The Morgan fingerprint density at radius 1 is 1.35 bits per heavy atom. The molecule has 1 N–H and O–H groups in total. The highest BCUT2D eigenvalue weighted by molar-refractivity contribution is 7.89. The average molecular weight is 305 g/mol. The SMILES string of the molecule is Cc1noc(C)c1S(=O)(=O)NOCCN1CCOCC1. The van der Waals surface area contributed by atoms with Gasteiger partial charge in [-0.3, -0.25) is 9.74 Å². The van der Waals surface area contributed by atoms with Crippen molar-refractivity contribution >= 4 is 10.0 Å². The Morgan fingerprint density at radius 3 is 2.65 bits per heavy atom. The van der Waals surface area contributed by atoms with Crippen molar-refractivity contribution in [2.45, 2.75) is 18.7 Å². The number of aromatic nitrogens is 1. The Morgan fingerprint density at radius 2 is 2.05 bits per heavy atom. The van der Waals surface area contributed by atoms with Crippen molar-refractivity contribution < 1.29 is 22.5 Å². The minimum absolute atomic E-state index is 0.0314. The summed E-state index contributed by atoms with van der Waals surface area (Å²) in [6.45, 7) is 7.09. The van der Waals surface area contributed by atoms with Gasteiger partial charge in [0.1, 0.15) is 10.6 Å². The molecule has 0 radical (unpaired) electrons. The second-order valence-corrected chi connectivity index (χ2v) is 6.12. The van der Waals surface area contributed by atoms with Crippen molar-refractivity contribution in [3.8, 4) is 0 Å². The molecule has 1 aliphatic heterocycles. The Hall–Kier alpha value is -1.00. The van der Waals surface area contributed by atoms with Crippen LogP contribution in [0.5, 0.6) is 0 Å². The third-order valence-electron chi connectivity index (χ3n) is 3.02. The van der Waals surface area contributed by atoms with Crippen LogP contribution >= 0.6 is 0 Å². The highest BCUT2D eigenvalue weighted by Gasteiger charge is 2.24. The molecule has 0 spiro atoms. The van der Waals surface area contributed by atoms with Gasteiger partial charge in [0.2, 0.25) is 0 Å². The van der Waals surface area contributed by atoms with E-state index in [9.17, 15) is 8.42 Å². The molecule has 8 nitrogen and oxygen atoms in total. The van der Waals surface area contributed by atoms with Crippen LogP contribution in [0.3, 0.4) is 0 Å². The topological polar surface area (TPSA) is 93.9 Å². The molecule has 0 amide bonds. The van der Waals surface area contributed by atoms with Crippen LogP contribution in [0, 0.1) is 13.8 Å². The van der Waals surface area contributed by atoms with Crippen molar-refractivity contribution in [1.29, 1.82) is 0 Å². The van der Waals surface area contributed by atoms with Gasteiger partial charge in [0.05, 0.1) is 19.8 Å². The molecule has 0 atom stereocenters. The number of nitrogens with zero attached hydrogens (tertiary/aromatic N) is 2. The van der Waals surface area contributed by atoms with E-state index < -0.39 is 10.0 Å². The summed E-state index contributed by atoms with van der Waals surface area (Å²) in [5, 5.41) is 3.61. The first-order valence-corrected chi connectivity index (χ1v) is 7.85. The van der Waals surface area contributed by atoms with Crippen LogP contribution in [0.4, 0.5) is 0 Å². The monoisotopic (exact) mass is 305 g/mol. The maximum Gasteiger partial charge on any atom is 0.267 e. The van der Waals surface area contributed by atoms with Gasteiger partial charge in [0.25, 0.3) is 10.0 Å². The number of morpholine rings is 1. The molecule has 0 unspecified atom stereocenters. The Bertz CT molecular complexity index is 517. The molecule has 0 aromatic carbocycles. The summed E-state index contributed by atoms with van der Waals surface area (Å²) in [5.41, 5.74) is 0.312. The first-order valence-electron chi connectivity index (χ1n) is 6.37. The van der Waals surface area contributed by atoms with E-state index in [1.165, 1.54) is 0 Å². The van der Waals surface area contributed by atoms with Crippen molar-refractivity contribution in [3.05, 3.63) is 11.5 Å². The second-order valence-electron chi connectivity index (χ2n) is 4.54. The van der Waals surface area contributed by atoms with Crippen molar-refractivity contribution in [1.82, 2.24) is 14.9 Å². The molecule has 114 valence electrons. The molecule has 1 aromatic heterocycles. The minimum Gasteiger partial charge on any atom is -0.379 e. The zero-order valence-electron chi connectivity index (χ0n) is 11.6. The summed E-state index contributed by atoms with van der Waals surface area (Å²) in [5.74, 6) is 0.242. The maximum absolute atomic E-state index is 12.0. The lowest BCUT2D eigenvalue weighted by atomic mass is 10.4. The minimum atomic E-state index is -3.75. The third-order valence-corrected chi connectivity index (χ3v) is 4.48. The first kappa shape index (κ1) is 15.4. The second kappa shape index (κ2) is 6.64. The number of rotatable bonds is 6. The lowest BCUT2D eigenvalue weighted by Crippen LogP contribution is -2.39. The van der Waals surface area contributed by atoms with Crippen molar-refractivity contribution in [2.24, 2.45) is 0 Å². The van der Waals surface area contributed by atoms with Gasteiger partial charge < -0.3 is 9.26 Å². The largest absolute Gasteiger partial charge is 0.379 e. The quantitative estimate of drug-likeness (QED) is 0.576. The molecular formula is C11H19N3O5S. The molecule has 1 aliphatic rings. The normalized spacial score (nSPS) is 17.5. The molecule has 0 aliphatic carbocycles. The number of hydrogen-bond donors (Lipinski definition) is 1. The van der Waals surface area contributed by atoms with Crippen LogP contribution in [-0.2, 0) is 19.6 Å². The summed E-state index contributed by atoms with van der Waals surface area (Å²) < 4.78 is 34.1. The van der Waals surface area contributed by atoms with Gasteiger partial charge in [0, 0.05) is 19.6 Å². The van der Waals surface area contributed by atoms with E-state index in [-0.39, 0.29) is 17.3 Å². The lowest BCUT2D eigenvalue weighted by molar-refractivity contribution is 0.0125. The van der Waals surface area contributed by atoms with Crippen LogP contribution in [0.25, 0.3) is 0 Å². The van der Waals surface area contributed by atoms with Gasteiger partial charge in [0.15, 0.2) is 5.76 Å². The molecule has 1 saturated heterocycles. The Labute approximate surface area is 118 Å². The summed E-state index contributed by atoms with van der Waals surface area (Å²) in [7, 11) is -3.75. The summed E-state index contributed by atoms with van der Waals surface area (Å²) in [6.07, 6.45) is 0. The van der Waals surface area contributed by atoms with Gasteiger partial charge in [-0.2, -0.15) is 0 Å². The Balaban J connectivity index is 1.81. The van der Waals surface area contributed by atoms with E-state index in [0.29, 0.717) is 25.5 Å². The number of aryl methyl sites for hydroxylation is 2. The fourth-order valence-corrected chi connectivity index (χ4v) is 3.18. The van der Waals surface area contributed by atoms with Gasteiger partial charge >= 0.3 is 0 Å². The smallest absolute Gasteiger partial charge is 0.267 e. The highest BCUT2D eigenvalue weighted by Crippen LogP contribution is 2.18. The summed E-state index contributed by atoms with van der Waals surface area (Å²) in [6, 6.07) is 0. The first-order chi connectivity index (χ1) is 9.50. The molecule has 1 fully saturated rings. The van der Waals surface area contributed by atoms with E-state index in [2.05, 4.69) is 14.9 Å². The Kier molecular flexibility index (Phi) is 5.11. The fraction of sp³-hybridized carbons (Fsp3) is 0.727. The number of hydrogen-bond acceptors (Lipinski definition) is 7. The van der Waals surface area contributed by atoms with Crippen molar-refractivity contribution in [2.75, 3.05) is 39.5 Å². The van der Waals surface area contributed by atoms with Gasteiger partial charge in [-0.25, -0.2) is 8.42 Å². The molecule has 9 heteroatoms. The lowest BCUT2D eigenvalue weighted by Gasteiger charge is -2.26. The van der Waals surface area contributed by atoms with Gasteiger partial charge in [-0.15, -0.1) is 0 Å². The van der Waals surface area contributed by atoms with Gasteiger partial charge in [-0.1, -0.05) is 10.0 Å². The summed E-state index contributed by atoms with van der Waals surface area (Å²) >= 11 is 0. The average Bonchev–Trinajstić information content (AvgIpc) is 2.76. The summed E-state index contributed by atoms with van der Waals surface area (Å²) in [4.78, 5) is 9.32. The third kappa shape index (κ3) is 3.76. The molecular weight excluding hydrogens is 286 g/mol. The van der Waals surface area contributed by atoms with Crippen LogP contribution in [0.2, 0.25) is 0 Å². The van der Waals surface area contributed by atoms with Crippen molar-refractivity contribution in [3.63, 3.8) is 0 Å². The van der Waals surface area contributed by atoms with Crippen LogP contribution in [0.15, 0.2) is 9.42 Å².